The molecule has 2 N–H and O–H groups in total. The zero-order chi connectivity index (χ0) is 16.7. The zero-order valence-electron chi connectivity index (χ0n) is 13.4. The highest BCUT2D eigenvalue weighted by atomic mass is 16.3. The van der Waals surface area contributed by atoms with Gasteiger partial charge in [-0.2, -0.15) is 0 Å². The molecule has 0 aliphatic carbocycles. The van der Waals surface area contributed by atoms with Crippen molar-refractivity contribution in [2.75, 3.05) is 0 Å². The van der Waals surface area contributed by atoms with E-state index < -0.39 is 6.04 Å². The number of rotatable bonds is 7. The smallest absolute Gasteiger partial charge is 0.243 e. The van der Waals surface area contributed by atoms with E-state index in [1.165, 1.54) is 0 Å². The van der Waals surface area contributed by atoms with Gasteiger partial charge in [-0.25, -0.2) is 0 Å². The van der Waals surface area contributed by atoms with Crippen molar-refractivity contribution in [3.63, 3.8) is 0 Å². The normalized spacial score (nSPS) is 12.0. The summed E-state index contributed by atoms with van der Waals surface area (Å²) >= 11 is 0. The second-order valence-electron chi connectivity index (χ2n) is 5.80. The Morgan fingerprint density at radius 2 is 1.83 bits per heavy atom. The Morgan fingerprint density at radius 3 is 2.43 bits per heavy atom. The standard InChI is InChI=1S/C18H22N2O3/c1-13(2)17(18(22)19-11-15-8-9-23-12-15)20-16(21)10-14-6-4-3-5-7-14/h3-9,12-13,17H,10-11H2,1-2H3,(H,19,22)(H,20,21)/t17-/m0/s1. The van der Waals surface area contributed by atoms with Crippen LogP contribution in [0.3, 0.4) is 0 Å². The van der Waals surface area contributed by atoms with Gasteiger partial charge in [-0.3, -0.25) is 9.59 Å². The van der Waals surface area contributed by atoms with Gasteiger partial charge in [0, 0.05) is 12.1 Å². The molecule has 0 bridgehead atoms. The number of carbonyl (C=O) groups excluding carboxylic acids is 2. The lowest BCUT2D eigenvalue weighted by Crippen LogP contribution is -2.49. The molecule has 0 aliphatic rings. The van der Waals surface area contributed by atoms with E-state index in [4.69, 9.17) is 4.42 Å². The van der Waals surface area contributed by atoms with Gasteiger partial charge >= 0.3 is 0 Å². The summed E-state index contributed by atoms with van der Waals surface area (Å²) < 4.78 is 4.96. The summed E-state index contributed by atoms with van der Waals surface area (Å²) in [5, 5.41) is 5.64. The molecule has 5 heteroatoms. The zero-order valence-corrected chi connectivity index (χ0v) is 13.4. The Kier molecular flexibility index (Phi) is 5.97. The molecule has 1 atom stereocenters. The molecule has 0 radical (unpaired) electrons. The molecule has 1 heterocycles. The topological polar surface area (TPSA) is 71.3 Å². The number of amides is 2. The van der Waals surface area contributed by atoms with Crippen molar-refractivity contribution in [1.82, 2.24) is 10.6 Å². The molecule has 1 aromatic carbocycles. The predicted molar refractivity (Wildman–Crippen MR) is 87.5 cm³/mol. The van der Waals surface area contributed by atoms with Crippen molar-refractivity contribution in [1.29, 1.82) is 0 Å². The maximum Gasteiger partial charge on any atom is 0.243 e. The van der Waals surface area contributed by atoms with Crippen molar-refractivity contribution < 1.29 is 14.0 Å². The molecule has 0 unspecified atom stereocenters. The molecule has 0 spiro atoms. The average Bonchev–Trinajstić information content (AvgIpc) is 3.04. The lowest BCUT2D eigenvalue weighted by molar-refractivity contribution is -0.129. The lowest BCUT2D eigenvalue weighted by Gasteiger charge is -2.21. The van der Waals surface area contributed by atoms with Gasteiger partial charge in [0.1, 0.15) is 6.04 Å². The van der Waals surface area contributed by atoms with Gasteiger partial charge in [0.05, 0.1) is 18.9 Å². The monoisotopic (exact) mass is 314 g/mol. The molecule has 0 saturated heterocycles. The van der Waals surface area contributed by atoms with Crippen molar-refractivity contribution in [3.8, 4) is 0 Å². The third kappa shape index (κ3) is 5.29. The van der Waals surface area contributed by atoms with E-state index in [1.54, 1.807) is 18.6 Å². The van der Waals surface area contributed by atoms with E-state index >= 15 is 0 Å². The summed E-state index contributed by atoms with van der Waals surface area (Å²) in [7, 11) is 0. The summed E-state index contributed by atoms with van der Waals surface area (Å²) in [4.78, 5) is 24.5. The Labute approximate surface area is 136 Å². The molecule has 23 heavy (non-hydrogen) atoms. The molecule has 0 fully saturated rings. The number of hydrogen-bond acceptors (Lipinski definition) is 3. The van der Waals surface area contributed by atoms with Gasteiger partial charge in [0.25, 0.3) is 0 Å². The van der Waals surface area contributed by atoms with Gasteiger partial charge < -0.3 is 15.1 Å². The Bertz CT molecular complexity index is 621. The summed E-state index contributed by atoms with van der Waals surface area (Å²) in [6.45, 7) is 4.20. The minimum absolute atomic E-state index is 0.000858. The third-order valence-electron chi connectivity index (χ3n) is 3.52. The van der Waals surface area contributed by atoms with Gasteiger partial charge in [-0.1, -0.05) is 44.2 Å². The number of furan rings is 1. The second kappa shape index (κ2) is 8.17. The largest absolute Gasteiger partial charge is 0.472 e. The lowest BCUT2D eigenvalue weighted by atomic mass is 10.0. The number of carbonyl (C=O) groups is 2. The second-order valence-corrected chi connectivity index (χ2v) is 5.80. The van der Waals surface area contributed by atoms with Crippen LogP contribution in [0.2, 0.25) is 0 Å². The molecule has 2 rings (SSSR count). The van der Waals surface area contributed by atoms with Crippen LogP contribution in [-0.2, 0) is 22.6 Å². The Hall–Kier alpha value is -2.56. The summed E-state index contributed by atoms with van der Waals surface area (Å²) in [6, 6.07) is 10.7. The average molecular weight is 314 g/mol. The molecule has 0 aliphatic heterocycles. The highest BCUT2D eigenvalue weighted by molar-refractivity contribution is 5.88. The third-order valence-corrected chi connectivity index (χ3v) is 3.52. The van der Waals surface area contributed by atoms with Crippen molar-refractivity contribution >= 4 is 11.8 Å². The van der Waals surface area contributed by atoms with Crippen LogP contribution in [0.1, 0.15) is 25.0 Å². The molecular weight excluding hydrogens is 292 g/mol. The number of nitrogens with one attached hydrogen (secondary N) is 2. The van der Waals surface area contributed by atoms with Crippen LogP contribution >= 0.6 is 0 Å². The minimum Gasteiger partial charge on any atom is -0.472 e. The molecule has 1 aromatic heterocycles. The maximum atomic E-state index is 12.3. The first-order chi connectivity index (χ1) is 11.1. The molecule has 122 valence electrons. The molecule has 2 amide bonds. The fourth-order valence-electron chi connectivity index (χ4n) is 2.23. The first-order valence-corrected chi connectivity index (χ1v) is 7.68. The van der Waals surface area contributed by atoms with Crippen molar-refractivity contribution in [2.45, 2.75) is 32.9 Å². The summed E-state index contributed by atoms with van der Waals surface area (Å²) in [5.41, 5.74) is 1.81. The number of hydrogen-bond donors (Lipinski definition) is 2. The highest BCUT2D eigenvalue weighted by Crippen LogP contribution is 2.06. The minimum atomic E-state index is -0.557. The summed E-state index contributed by atoms with van der Waals surface area (Å²) in [6.07, 6.45) is 3.40. The van der Waals surface area contributed by atoms with Gasteiger partial charge in [0.15, 0.2) is 0 Å². The van der Waals surface area contributed by atoms with Gasteiger partial charge in [-0.05, 0) is 17.5 Å². The number of benzene rings is 1. The van der Waals surface area contributed by atoms with Crippen LogP contribution in [0.5, 0.6) is 0 Å². The first kappa shape index (κ1) is 16.8. The molecule has 0 saturated carbocycles. The maximum absolute atomic E-state index is 12.3. The predicted octanol–water partition coefficient (Wildman–Crippen LogP) is 2.28. The quantitative estimate of drug-likeness (QED) is 0.823. The van der Waals surface area contributed by atoms with E-state index in [-0.39, 0.29) is 24.2 Å². The first-order valence-electron chi connectivity index (χ1n) is 7.68. The van der Waals surface area contributed by atoms with E-state index in [2.05, 4.69) is 10.6 Å². The van der Waals surface area contributed by atoms with Crippen LogP contribution in [-0.4, -0.2) is 17.9 Å². The molecular formula is C18H22N2O3. The van der Waals surface area contributed by atoms with Crippen LogP contribution in [0.4, 0.5) is 0 Å². The molecule has 5 nitrogen and oxygen atoms in total. The van der Waals surface area contributed by atoms with Crippen LogP contribution < -0.4 is 10.6 Å². The Balaban J connectivity index is 1.89. The van der Waals surface area contributed by atoms with Crippen LogP contribution in [0.15, 0.2) is 53.3 Å². The van der Waals surface area contributed by atoms with Crippen LogP contribution in [0.25, 0.3) is 0 Å². The van der Waals surface area contributed by atoms with Gasteiger partial charge in [0.2, 0.25) is 11.8 Å². The fraction of sp³-hybridized carbons (Fsp3) is 0.333. The van der Waals surface area contributed by atoms with E-state index in [1.807, 2.05) is 44.2 Å². The Morgan fingerprint density at radius 1 is 1.09 bits per heavy atom. The summed E-state index contributed by atoms with van der Waals surface area (Å²) in [5.74, 6) is -0.352. The van der Waals surface area contributed by atoms with Crippen LogP contribution in [0, 0.1) is 5.92 Å². The SMILES string of the molecule is CC(C)[C@H](NC(=O)Cc1ccccc1)C(=O)NCc1ccoc1. The van der Waals surface area contributed by atoms with Gasteiger partial charge in [-0.15, -0.1) is 0 Å². The molecule has 2 aromatic rings. The van der Waals surface area contributed by atoms with E-state index in [0.29, 0.717) is 6.54 Å². The van der Waals surface area contributed by atoms with Crippen molar-refractivity contribution in [3.05, 3.63) is 60.1 Å². The highest BCUT2D eigenvalue weighted by Gasteiger charge is 2.23. The van der Waals surface area contributed by atoms with Crippen molar-refractivity contribution in [2.24, 2.45) is 5.92 Å². The fourth-order valence-corrected chi connectivity index (χ4v) is 2.23. The van der Waals surface area contributed by atoms with E-state index in [0.717, 1.165) is 11.1 Å². The van der Waals surface area contributed by atoms with E-state index in [9.17, 15) is 9.59 Å².